The maximum atomic E-state index is 12.6. The second-order valence-electron chi connectivity index (χ2n) is 7.47. The number of nitrogens with one attached hydrogen (secondary N) is 1. The van der Waals surface area contributed by atoms with Crippen molar-refractivity contribution in [3.8, 4) is 6.07 Å². The van der Waals surface area contributed by atoms with Gasteiger partial charge in [0.05, 0.1) is 6.07 Å². The highest BCUT2D eigenvalue weighted by Gasteiger charge is 2.43. The van der Waals surface area contributed by atoms with Gasteiger partial charge >= 0.3 is 0 Å². The smallest absolute Gasteiger partial charge is 0.224 e. The van der Waals surface area contributed by atoms with Gasteiger partial charge < -0.3 is 5.32 Å². The van der Waals surface area contributed by atoms with Crippen molar-refractivity contribution in [2.24, 2.45) is 17.3 Å². The van der Waals surface area contributed by atoms with Crippen LogP contribution in [0.4, 0.5) is 0 Å². The van der Waals surface area contributed by atoms with E-state index in [-0.39, 0.29) is 17.2 Å². The van der Waals surface area contributed by atoms with Crippen LogP contribution in [-0.4, -0.2) is 11.4 Å². The summed E-state index contributed by atoms with van der Waals surface area (Å²) in [4.78, 5) is 12.6. The summed E-state index contributed by atoms with van der Waals surface area (Å²) in [6, 6.07) is 2.41. The van der Waals surface area contributed by atoms with Crippen molar-refractivity contribution in [2.45, 2.75) is 77.7 Å². The van der Waals surface area contributed by atoms with Crippen molar-refractivity contribution >= 4 is 5.91 Å². The Morgan fingerprint density at radius 3 is 2.35 bits per heavy atom. The highest BCUT2D eigenvalue weighted by Crippen LogP contribution is 2.43. The van der Waals surface area contributed by atoms with Gasteiger partial charge in [0.1, 0.15) is 5.54 Å². The average Bonchev–Trinajstić information content (AvgIpc) is 2.79. The van der Waals surface area contributed by atoms with Gasteiger partial charge in [0, 0.05) is 5.92 Å². The molecule has 2 aliphatic rings. The van der Waals surface area contributed by atoms with E-state index < -0.39 is 5.54 Å². The molecule has 0 aromatic rings. The van der Waals surface area contributed by atoms with Crippen LogP contribution in [-0.2, 0) is 4.79 Å². The summed E-state index contributed by atoms with van der Waals surface area (Å²) in [6.07, 6.45) is 8.17. The van der Waals surface area contributed by atoms with Crippen LogP contribution in [0, 0.1) is 28.6 Å². The minimum Gasteiger partial charge on any atom is -0.338 e. The van der Waals surface area contributed by atoms with Gasteiger partial charge in [-0.1, -0.05) is 33.6 Å². The van der Waals surface area contributed by atoms with Crippen LogP contribution in [0.1, 0.15) is 72.1 Å². The molecule has 112 valence electrons. The van der Waals surface area contributed by atoms with Crippen LogP contribution < -0.4 is 5.32 Å². The molecule has 20 heavy (non-hydrogen) atoms. The van der Waals surface area contributed by atoms with Crippen LogP contribution >= 0.6 is 0 Å². The van der Waals surface area contributed by atoms with Gasteiger partial charge in [-0.05, 0) is 49.9 Å². The fraction of sp³-hybridized carbons (Fsp3) is 0.882. The molecule has 0 aromatic carbocycles. The highest BCUT2D eigenvalue weighted by atomic mass is 16.2. The molecule has 0 radical (unpaired) electrons. The van der Waals surface area contributed by atoms with Crippen molar-refractivity contribution in [1.29, 1.82) is 5.26 Å². The molecule has 1 unspecified atom stereocenters. The van der Waals surface area contributed by atoms with Gasteiger partial charge in [0.2, 0.25) is 5.91 Å². The SMILES string of the molecule is CCC1CCC(C#N)(NC(=O)C2CCCC2(C)C)CC1. The molecule has 1 amide bonds. The van der Waals surface area contributed by atoms with Crippen LogP contribution in [0.3, 0.4) is 0 Å². The lowest BCUT2D eigenvalue weighted by Crippen LogP contribution is -2.52. The standard InChI is InChI=1S/C17H28N2O/c1-4-13-7-10-17(12-18,11-8-13)19-15(20)14-6-5-9-16(14,2)3/h13-14H,4-11H2,1-3H3,(H,19,20). The lowest BCUT2D eigenvalue weighted by atomic mass is 9.75. The molecule has 2 fully saturated rings. The molecule has 0 heterocycles. The molecule has 0 aliphatic heterocycles. The van der Waals surface area contributed by atoms with E-state index >= 15 is 0 Å². The fourth-order valence-electron chi connectivity index (χ4n) is 3.98. The molecule has 0 bridgehead atoms. The van der Waals surface area contributed by atoms with Crippen LogP contribution in [0.2, 0.25) is 0 Å². The Kier molecular flexibility index (Phi) is 4.42. The molecule has 0 saturated heterocycles. The zero-order valence-electron chi connectivity index (χ0n) is 13.2. The van der Waals surface area contributed by atoms with Crippen molar-refractivity contribution in [3.63, 3.8) is 0 Å². The normalized spacial score (nSPS) is 36.3. The zero-order chi connectivity index (χ0) is 14.8. The van der Waals surface area contributed by atoms with E-state index in [0.717, 1.165) is 50.9 Å². The molecular formula is C17H28N2O. The summed E-state index contributed by atoms with van der Waals surface area (Å²) in [5.41, 5.74) is -0.511. The molecule has 3 nitrogen and oxygen atoms in total. The Morgan fingerprint density at radius 1 is 1.25 bits per heavy atom. The van der Waals surface area contributed by atoms with E-state index in [0.29, 0.717) is 0 Å². The second kappa shape index (κ2) is 5.76. The molecule has 2 rings (SSSR count). The number of amides is 1. The molecule has 2 aliphatic carbocycles. The Balaban J connectivity index is 2.01. The monoisotopic (exact) mass is 276 g/mol. The first-order valence-corrected chi connectivity index (χ1v) is 8.16. The fourth-order valence-corrected chi connectivity index (χ4v) is 3.98. The van der Waals surface area contributed by atoms with Crippen molar-refractivity contribution in [1.82, 2.24) is 5.32 Å². The number of hydrogen-bond acceptors (Lipinski definition) is 2. The lowest BCUT2D eigenvalue weighted by Gasteiger charge is -2.37. The summed E-state index contributed by atoms with van der Waals surface area (Å²) >= 11 is 0. The molecular weight excluding hydrogens is 248 g/mol. The zero-order valence-corrected chi connectivity index (χ0v) is 13.2. The quantitative estimate of drug-likeness (QED) is 0.852. The third kappa shape index (κ3) is 3.00. The summed E-state index contributed by atoms with van der Waals surface area (Å²) in [7, 11) is 0. The van der Waals surface area contributed by atoms with E-state index in [1.165, 1.54) is 6.42 Å². The number of hydrogen-bond donors (Lipinski definition) is 1. The van der Waals surface area contributed by atoms with Crippen molar-refractivity contribution in [2.75, 3.05) is 0 Å². The number of rotatable bonds is 3. The third-order valence-corrected chi connectivity index (χ3v) is 5.69. The van der Waals surface area contributed by atoms with E-state index in [1.807, 2.05) is 0 Å². The van der Waals surface area contributed by atoms with E-state index in [1.54, 1.807) is 0 Å². The van der Waals surface area contributed by atoms with Gasteiger partial charge in [-0.15, -0.1) is 0 Å². The maximum Gasteiger partial charge on any atom is 0.224 e. The Labute approximate surface area is 123 Å². The molecule has 3 heteroatoms. The Hall–Kier alpha value is -1.04. The minimum atomic E-state index is -0.596. The molecule has 0 spiro atoms. The maximum absolute atomic E-state index is 12.6. The average molecular weight is 276 g/mol. The van der Waals surface area contributed by atoms with Gasteiger partial charge in [0.15, 0.2) is 0 Å². The number of nitriles is 1. The Bertz CT molecular complexity index is 400. The topological polar surface area (TPSA) is 52.9 Å². The number of carbonyl (C=O) groups excluding carboxylic acids is 1. The first kappa shape index (κ1) is 15.4. The largest absolute Gasteiger partial charge is 0.338 e. The Morgan fingerprint density at radius 2 is 1.90 bits per heavy atom. The van der Waals surface area contributed by atoms with Crippen LogP contribution in [0.15, 0.2) is 0 Å². The summed E-state index contributed by atoms with van der Waals surface area (Å²) in [6.45, 7) is 6.57. The lowest BCUT2D eigenvalue weighted by molar-refractivity contribution is -0.129. The number of nitrogens with zero attached hydrogens (tertiary/aromatic N) is 1. The predicted molar refractivity (Wildman–Crippen MR) is 79.9 cm³/mol. The van der Waals surface area contributed by atoms with Crippen LogP contribution in [0.5, 0.6) is 0 Å². The number of carbonyl (C=O) groups is 1. The van der Waals surface area contributed by atoms with Crippen molar-refractivity contribution in [3.05, 3.63) is 0 Å². The summed E-state index contributed by atoms with van der Waals surface area (Å²) in [5, 5.41) is 12.7. The molecule has 2 saturated carbocycles. The molecule has 0 aromatic heterocycles. The van der Waals surface area contributed by atoms with E-state index in [9.17, 15) is 10.1 Å². The third-order valence-electron chi connectivity index (χ3n) is 5.69. The second-order valence-corrected chi connectivity index (χ2v) is 7.47. The van der Waals surface area contributed by atoms with Gasteiger partial charge in [0.25, 0.3) is 0 Å². The molecule has 1 N–H and O–H groups in total. The highest BCUT2D eigenvalue weighted by molar-refractivity contribution is 5.81. The van der Waals surface area contributed by atoms with E-state index in [2.05, 4.69) is 32.2 Å². The molecule has 1 atom stereocenters. The summed E-state index contributed by atoms with van der Waals surface area (Å²) in [5.74, 6) is 0.928. The first-order valence-electron chi connectivity index (χ1n) is 8.16. The predicted octanol–water partition coefficient (Wildman–Crippen LogP) is 3.79. The minimum absolute atomic E-state index is 0.0802. The van der Waals surface area contributed by atoms with Crippen molar-refractivity contribution < 1.29 is 4.79 Å². The first-order chi connectivity index (χ1) is 9.42. The summed E-state index contributed by atoms with van der Waals surface area (Å²) < 4.78 is 0. The van der Waals surface area contributed by atoms with Crippen LogP contribution in [0.25, 0.3) is 0 Å². The van der Waals surface area contributed by atoms with Gasteiger partial charge in [-0.25, -0.2) is 0 Å². The van der Waals surface area contributed by atoms with Gasteiger partial charge in [-0.2, -0.15) is 5.26 Å². The van der Waals surface area contributed by atoms with E-state index in [4.69, 9.17) is 0 Å². The van der Waals surface area contributed by atoms with Gasteiger partial charge in [-0.3, -0.25) is 4.79 Å².